The van der Waals surface area contributed by atoms with E-state index in [0.29, 0.717) is 56.9 Å². The van der Waals surface area contributed by atoms with Crippen molar-refractivity contribution in [2.24, 2.45) is 0 Å². The molecule has 9 nitrogen and oxygen atoms in total. The molecule has 0 spiro atoms. The number of carbonyl (C=O) groups excluding carboxylic acids is 1. The lowest BCUT2D eigenvalue weighted by atomic mass is 9.91. The third-order valence-electron chi connectivity index (χ3n) is 8.23. The van der Waals surface area contributed by atoms with Gasteiger partial charge in [0.25, 0.3) is 5.69 Å². The van der Waals surface area contributed by atoms with Crippen LogP contribution in [0.1, 0.15) is 50.0 Å². The van der Waals surface area contributed by atoms with Crippen LogP contribution in [0, 0.1) is 10.1 Å². The average molecular weight is 579 g/mol. The molecule has 3 heterocycles. The zero-order valence-electron chi connectivity index (χ0n) is 24.1. The fraction of sp³-hybridized carbons (Fsp3) is 0.294. The van der Waals surface area contributed by atoms with Crippen LogP contribution in [0.5, 0.6) is 0 Å². The van der Waals surface area contributed by atoms with E-state index in [-0.39, 0.29) is 5.69 Å². The highest BCUT2D eigenvalue weighted by Gasteiger charge is 2.37. The van der Waals surface area contributed by atoms with Crippen molar-refractivity contribution in [1.82, 2.24) is 9.88 Å². The second-order valence-corrected chi connectivity index (χ2v) is 10.9. The number of nitro groups is 1. The van der Waals surface area contributed by atoms with Crippen LogP contribution < -0.4 is 4.90 Å². The summed E-state index contributed by atoms with van der Waals surface area (Å²) in [6.45, 7) is 3.81. The number of non-ortho nitro benzene ring substituents is 1. The molecule has 2 aliphatic rings. The molecule has 1 saturated heterocycles. The minimum atomic E-state index is -0.424. The Morgan fingerprint density at radius 1 is 0.953 bits per heavy atom. The molecule has 0 saturated carbocycles. The molecule has 220 valence electrons. The van der Waals surface area contributed by atoms with E-state index in [1.165, 1.54) is 24.8 Å². The van der Waals surface area contributed by atoms with E-state index in [1.807, 2.05) is 36.4 Å². The first kappa shape index (κ1) is 28.5. The molecule has 0 bridgehead atoms. The summed E-state index contributed by atoms with van der Waals surface area (Å²) in [5.41, 5.74) is 7.09. The Morgan fingerprint density at radius 3 is 2.23 bits per heavy atom. The van der Waals surface area contributed by atoms with E-state index in [0.717, 1.165) is 34.6 Å². The number of benzene rings is 3. The first-order valence-corrected chi connectivity index (χ1v) is 14.6. The fourth-order valence-corrected chi connectivity index (χ4v) is 6.23. The van der Waals surface area contributed by atoms with Gasteiger partial charge in [0, 0.05) is 44.7 Å². The minimum absolute atomic E-state index is 0.0147. The lowest BCUT2D eigenvalue weighted by Gasteiger charge is -2.36. The van der Waals surface area contributed by atoms with E-state index in [2.05, 4.69) is 34.1 Å². The maximum atomic E-state index is 13.7. The SMILES string of the molecule is COC(=O)c1c(C(c2ccc([N+](=O)[O-])cc2)N2CCOCC2)nc(Cc2ccccc2)c2c1CCN2Cc1ccccc1. The monoisotopic (exact) mass is 578 g/mol. The molecule has 1 unspecified atom stereocenters. The van der Waals surface area contributed by atoms with Crippen molar-refractivity contribution in [2.45, 2.75) is 25.4 Å². The summed E-state index contributed by atoms with van der Waals surface area (Å²) in [5.74, 6) is -0.424. The fourth-order valence-electron chi connectivity index (χ4n) is 6.23. The number of nitro benzene ring substituents is 1. The van der Waals surface area contributed by atoms with Crippen LogP contribution in [0.2, 0.25) is 0 Å². The predicted octanol–water partition coefficient (Wildman–Crippen LogP) is 5.35. The number of fused-ring (bicyclic) bond motifs is 1. The third kappa shape index (κ3) is 6.00. The number of hydrogen-bond acceptors (Lipinski definition) is 8. The number of nitrogens with zero attached hydrogens (tertiary/aromatic N) is 4. The van der Waals surface area contributed by atoms with Crippen molar-refractivity contribution >= 4 is 17.3 Å². The Morgan fingerprint density at radius 2 is 1.60 bits per heavy atom. The first-order valence-electron chi connectivity index (χ1n) is 14.6. The smallest absolute Gasteiger partial charge is 0.340 e. The highest BCUT2D eigenvalue weighted by Crippen LogP contribution is 2.41. The van der Waals surface area contributed by atoms with Crippen molar-refractivity contribution < 1.29 is 19.2 Å². The topological polar surface area (TPSA) is 98.0 Å². The number of ether oxygens (including phenoxy) is 2. The number of rotatable bonds is 9. The van der Waals surface area contributed by atoms with Gasteiger partial charge in [0.15, 0.2) is 0 Å². The number of hydrogen-bond donors (Lipinski definition) is 0. The summed E-state index contributed by atoms with van der Waals surface area (Å²) < 4.78 is 11.1. The molecule has 9 heteroatoms. The second-order valence-electron chi connectivity index (χ2n) is 10.9. The molecule has 1 fully saturated rings. The molecule has 0 N–H and O–H groups in total. The number of esters is 1. The zero-order chi connectivity index (χ0) is 29.8. The van der Waals surface area contributed by atoms with Gasteiger partial charge in [-0.3, -0.25) is 20.0 Å². The second kappa shape index (κ2) is 12.7. The Labute approximate surface area is 250 Å². The summed E-state index contributed by atoms with van der Waals surface area (Å²) in [6, 6.07) is 26.7. The molecule has 0 radical (unpaired) electrons. The van der Waals surface area contributed by atoms with Gasteiger partial charge in [-0.05, 0) is 28.7 Å². The summed E-state index contributed by atoms with van der Waals surface area (Å²) in [7, 11) is 1.41. The van der Waals surface area contributed by atoms with Gasteiger partial charge in [-0.25, -0.2) is 4.79 Å². The number of morpholine rings is 1. The summed E-state index contributed by atoms with van der Waals surface area (Å²) in [4.78, 5) is 34.6. The maximum Gasteiger partial charge on any atom is 0.340 e. The molecule has 2 aliphatic heterocycles. The number of carbonyl (C=O) groups is 1. The molecular formula is C34H34N4O5. The third-order valence-corrected chi connectivity index (χ3v) is 8.23. The van der Waals surface area contributed by atoms with Crippen LogP contribution in [-0.4, -0.2) is 60.7 Å². The van der Waals surface area contributed by atoms with E-state index in [4.69, 9.17) is 14.5 Å². The van der Waals surface area contributed by atoms with Gasteiger partial charge in [0.05, 0.1) is 53.9 Å². The van der Waals surface area contributed by atoms with Crippen molar-refractivity contribution in [1.29, 1.82) is 0 Å². The Hall–Kier alpha value is -4.60. The van der Waals surface area contributed by atoms with E-state index < -0.39 is 16.9 Å². The summed E-state index contributed by atoms with van der Waals surface area (Å²) >= 11 is 0. The van der Waals surface area contributed by atoms with Crippen molar-refractivity contribution in [3.63, 3.8) is 0 Å². The lowest BCUT2D eigenvalue weighted by Crippen LogP contribution is -2.40. The molecule has 0 amide bonds. The maximum absolute atomic E-state index is 13.7. The summed E-state index contributed by atoms with van der Waals surface area (Å²) in [6.07, 6.45) is 1.28. The predicted molar refractivity (Wildman–Crippen MR) is 163 cm³/mol. The van der Waals surface area contributed by atoms with Gasteiger partial charge in [-0.2, -0.15) is 0 Å². The van der Waals surface area contributed by atoms with Gasteiger partial charge in [-0.1, -0.05) is 72.8 Å². The van der Waals surface area contributed by atoms with Gasteiger partial charge < -0.3 is 14.4 Å². The van der Waals surface area contributed by atoms with Crippen LogP contribution in [0.4, 0.5) is 11.4 Å². The Kier molecular flexibility index (Phi) is 8.44. The number of anilines is 1. The van der Waals surface area contributed by atoms with Gasteiger partial charge in [0.2, 0.25) is 0 Å². The summed E-state index contributed by atoms with van der Waals surface area (Å²) in [5, 5.41) is 11.4. The van der Waals surface area contributed by atoms with Crippen molar-refractivity contribution in [3.05, 3.63) is 134 Å². The standard InChI is InChI=1S/C34H34N4O5/c1-42-34(39)30-28-16-17-37(23-25-10-6-3-7-11-25)33(28)29(22-24-8-4-2-5-9-24)35-31(30)32(36-18-20-43-21-19-36)26-12-14-27(15-13-26)38(40)41/h2-15,32H,16-23H2,1H3. The minimum Gasteiger partial charge on any atom is -0.465 e. The van der Waals surface area contributed by atoms with E-state index in [9.17, 15) is 14.9 Å². The largest absolute Gasteiger partial charge is 0.465 e. The molecular weight excluding hydrogens is 544 g/mol. The van der Waals surface area contributed by atoms with Crippen LogP contribution in [0.15, 0.2) is 84.9 Å². The number of pyridine rings is 1. The Bertz CT molecular complexity index is 1590. The van der Waals surface area contributed by atoms with Crippen LogP contribution in [0.25, 0.3) is 0 Å². The molecule has 1 aromatic heterocycles. The van der Waals surface area contributed by atoms with Crippen molar-refractivity contribution in [2.75, 3.05) is 44.9 Å². The van der Waals surface area contributed by atoms with E-state index in [1.54, 1.807) is 12.1 Å². The van der Waals surface area contributed by atoms with Crippen LogP contribution >= 0.6 is 0 Å². The average Bonchev–Trinajstić information content (AvgIpc) is 3.46. The molecule has 1 atom stereocenters. The first-order chi connectivity index (χ1) is 21.0. The Balaban J connectivity index is 1.55. The number of methoxy groups -OCH3 is 1. The highest BCUT2D eigenvalue weighted by molar-refractivity contribution is 5.95. The van der Waals surface area contributed by atoms with Crippen LogP contribution in [-0.2, 0) is 28.9 Å². The van der Waals surface area contributed by atoms with Crippen LogP contribution in [0.3, 0.4) is 0 Å². The van der Waals surface area contributed by atoms with Crippen molar-refractivity contribution in [3.8, 4) is 0 Å². The quantitative estimate of drug-likeness (QED) is 0.149. The van der Waals surface area contributed by atoms with Gasteiger partial charge in [0.1, 0.15) is 0 Å². The lowest BCUT2D eigenvalue weighted by molar-refractivity contribution is -0.384. The van der Waals surface area contributed by atoms with Gasteiger partial charge in [-0.15, -0.1) is 0 Å². The highest BCUT2D eigenvalue weighted by atomic mass is 16.6. The normalized spacial score (nSPS) is 15.6. The number of aromatic nitrogens is 1. The molecule has 43 heavy (non-hydrogen) atoms. The molecule has 4 aromatic rings. The van der Waals surface area contributed by atoms with E-state index >= 15 is 0 Å². The van der Waals surface area contributed by atoms with Gasteiger partial charge >= 0.3 is 5.97 Å². The molecule has 0 aliphatic carbocycles. The molecule has 3 aromatic carbocycles. The molecule has 6 rings (SSSR count). The zero-order valence-corrected chi connectivity index (χ0v) is 24.1.